The van der Waals surface area contributed by atoms with Gasteiger partial charge in [-0.05, 0) is 6.42 Å². The number of carbonyl (C=O) groups is 1. The molecule has 0 N–H and O–H groups in total. The van der Waals surface area contributed by atoms with Crippen molar-refractivity contribution in [3.8, 4) is 0 Å². The summed E-state index contributed by atoms with van der Waals surface area (Å²) in [6.45, 7) is 0.581. The van der Waals surface area contributed by atoms with Crippen molar-refractivity contribution >= 4 is 29.0 Å². The molecule has 1 fully saturated rings. The molecule has 1 heterocycles. The van der Waals surface area contributed by atoms with Crippen molar-refractivity contribution < 1.29 is 9.53 Å². The molecule has 1 rings (SSSR count). The van der Waals surface area contributed by atoms with E-state index in [-0.39, 0.29) is 5.78 Å². The molecule has 1 aliphatic rings. The van der Waals surface area contributed by atoms with E-state index in [9.17, 15) is 4.79 Å². The average Bonchev–Trinajstić information content (AvgIpc) is 2.38. The molecule has 0 bridgehead atoms. The summed E-state index contributed by atoms with van der Waals surface area (Å²) >= 11 is 11.3. The summed E-state index contributed by atoms with van der Waals surface area (Å²) in [5.74, 6) is 0.225. The van der Waals surface area contributed by atoms with E-state index in [1.165, 1.54) is 0 Å². The molecule has 0 aromatic carbocycles. The maximum Gasteiger partial charge on any atom is 0.200 e. The van der Waals surface area contributed by atoms with Crippen LogP contribution in [-0.2, 0) is 9.53 Å². The second-order valence-electron chi connectivity index (χ2n) is 2.54. The first-order valence-electron chi connectivity index (χ1n) is 3.61. The lowest BCUT2D eigenvalue weighted by molar-refractivity contribution is -0.130. The van der Waals surface area contributed by atoms with Crippen LogP contribution in [0.2, 0.25) is 0 Å². The zero-order valence-electron chi connectivity index (χ0n) is 6.11. The lowest BCUT2D eigenvalue weighted by atomic mass is 10.1. The minimum Gasteiger partial charge on any atom is -0.353 e. The molecule has 0 radical (unpaired) electrons. The predicted octanol–water partition coefficient (Wildman–Crippen LogP) is 1.93. The first-order chi connectivity index (χ1) is 5.19. The summed E-state index contributed by atoms with van der Waals surface area (Å²) in [4.78, 5) is 11.2. The minimum atomic E-state index is -1.05. The molecule has 0 aromatic rings. The number of Topliss-reactive ketones (excluding diaryl/α,β-unsaturated/α-hetero) is 1. The van der Waals surface area contributed by atoms with Gasteiger partial charge in [0.2, 0.25) is 0 Å². The smallest absolute Gasteiger partial charge is 0.200 e. The van der Waals surface area contributed by atoms with Crippen molar-refractivity contribution in [3.63, 3.8) is 0 Å². The van der Waals surface area contributed by atoms with E-state index < -0.39 is 5.06 Å². The van der Waals surface area contributed by atoms with Gasteiger partial charge in [-0.25, -0.2) is 0 Å². The Morgan fingerprint density at radius 3 is 2.82 bits per heavy atom. The minimum absolute atomic E-state index is 0.0910. The maximum atomic E-state index is 11.2. The average molecular weight is 197 g/mol. The molecule has 1 unspecified atom stereocenters. The zero-order chi connectivity index (χ0) is 8.32. The van der Waals surface area contributed by atoms with Gasteiger partial charge < -0.3 is 4.74 Å². The van der Waals surface area contributed by atoms with Crippen LogP contribution in [0.25, 0.3) is 0 Å². The van der Waals surface area contributed by atoms with Crippen LogP contribution in [0.3, 0.4) is 0 Å². The molecule has 0 aliphatic carbocycles. The Bertz CT molecular complexity index is 153. The standard InChI is InChI=1S/C7H10Cl2O2/c8-4-2-6(10)7(9)3-1-5-11-7/h1-5H2. The fraction of sp³-hybridized carbons (Fsp3) is 0.857. The summed E-state index contributed by atoms with van der Waals surface area (Å²) in [6, 6.07) is 0. The van der Waals surface area contributed by atoms with E-state index in [4.69, 9.17) is 27.9 Å². The first kappa shape index (κ1) is 9.30. The highest BCUT2D eigenvalue weighted by atomic mass is 35.5. The van der Waals surface area contributed by atoms with Gasteiger partial charge in [0.25, 0.3) is 0 Å². The van der Waals surface area contributed by atoms with Gasteiger partial charge in [0.05, 0.1) is 0 Å². The second kappa shape index (κ2) is 3.74. The molecule has 1 saturated heterocycles. The lowest BCUT2D eigenvalue weighted by Crippen LogP contribution is -2.31. The van der Waals surface area contributed by atoms with Gasteiger partial charge in [0.15, 0.2) is 10.8 Å². The van der Waals surface area contributed by atoms with Gasteiger partial charge in [0.1, 0.15) is 0 Å². The summed E-state index contributed by atoms with van der Waals surface area (Å²) in [5.41, 5.74) is 0. The van der Waals surface area contributed by atoms with E-state index in [1.807, 2.05) is 0 Å². The van der Waals surface area contributed by atoms with Crippen molar-refractivity contribution in [1.29, 1.82) is 0 Å². The Kier molecular flexibility index (Phi) is 3.16. The van der Waals surface area contributed by atoms with Crippen LogP contribution >= 0.6 is 23.2 Å². The quantitative estimate of drug-likeness (QED) is 0.646. The largest absolute Gasteiger partial charge is 0.353 e. The molecule has 2 nitrogen and oxygen atoms in total. The SMILES string of the molecule is O=C(CCCl)C1(Cl)CCCO1. The first-order valence-corrected chi connectivity index (χ1v) is 4.52. The monoisotopic (exact) mass is 196 g/mol. The highest BCUT2D eigenvalue weighted by molar-refractivity contribution is 6.34. The molecule has 4 heteroatoms. The summed E-state index contributed by atoms with van der Waals surface area (Å²) < 4.78 is 5.11. The number of hydrogen-bond donors (Lipinski definition) is 0. The van der Waals surface area contributed by atoms with Gasteiger partial charge in [0, 0.05) is 25.3 Å². The van der Waals surface area contributed by atoms with E-state index >= 15 is 0 Å². The van der Waals surface area contributed by atoms with Gasteiger partial charge in [-0.3, -0.25) is 4.79 Å². The molecule has 0 spiro atoms. The zero-order valence-corrected chi connectivity index (χ0v) is 7.62. The molecular weight excluding hydrogens is 187 g/mol. The third-order valence-corrected chi connectivity index (χ3v) is 2.41. The Balaban J connectivity index is 2.49. The van der Waals surface area contributed by atoms with Gasteiger partial charge in [-0.15, -0.1) is 11.6 Å². The Morgan fingerprint density at radius 2 is 2.36 bits per heavy atom. The number of rotatable bonds is 3. The molecule has 1 aliphatic heterocycles. The summed E-state index contributed by atoms with van der Waals surface area (Å²) in [6.07, 6.45) is 1.77. The fourth-order valence-corrected chi connectivity index (χ4v) is 1.57. The van der Waals surface area contributed by atoms with Crippen LogP contribution in [-0.4, -0.2) is 23.3 Å². The lowest BCUT2D eigenvalue weighted by Gasteiger charge is -2.17. The van der Waals surface area contributed by atoms with Crippen LogP contribution in [0.1, 0.15) is 19.3 Å². The number of ether oxygens (including phenoxy) is 1. The third kappa shape index (κ3) is 2.08. The molecule has 11 heavy (non-hydrogen) atoms. The van der Waals surface area contributed by atoms with E-state index in [0.717, 1.165) is 6.42 Å². The molecular formula is C7H10Cl2O2. The normalized spacial score (nSPS) is 30.7. The summed E-state index contributed by atoms with van der Waals surface area (Å²) in [5, 5.41) is -1.05. The molecule has 1 atom stereocenters. The maximum absolute atomic E-state index is 11.2. The van der Waals surface area contributed by atoms with Crippen LogP contribution < -0.4 is 0 Å². The molecule has 0 saturated carbocycles. The number of halogens is 2. The topological polar surface area (TPSA) is 26.3 Å². The van der Waals surface area contributed by atoms with Gasteiger partial charge in [-0.1, -0.05) is 11.6 Å². The molecule has 64 valence electrons. The number of hydrogen-bond acceptors (Lipinski definition) is 2. The van der Waals surface area contributed by atoms with Crippen LogP contribution in [0.5, 0.6) is 0 Å². The van der Waals surface area contributed by atoms with Crippen molar-refractivity contribution in [1.82, 2.24) is 0 Å². The predicted molar refractivity (Wildman–Crippen MR) is 44.1 cm³/mol. The fourth-order valence-electron chi connectivity index (χ4n) is 1.10. The number of carbonyl (C=O) groups excluding carboxylic acids is 1. The van der Waals surface area contributed by atoms with Crippen molar-refractivity contribution in [2.45, 2.75) is 24.3 Å². The van der Waals surface area contributed by atoms with Crippen molar-refractivity contribution in [3.05, 3.63) is 0 Å². The number of ketones is 1. The van der Waals surface area contributed by atoms with Gasteiger partial charge >= 0.3 is 0 Å². The highest BCUT2D eigenvalue weighted by Gasteiger charge is 2.39. The molecule has 0 aromatic heterocycles. The van der Waals surface area contributed by atoms with Crippen LogP contribution in [0.4, 0.5) is 0 Å². The molecule has 0 amide bonds. The Morgan fingerprint density at radius 1 is 1.64 bits per heavy atom. The third-order valence-electron chi connectivity index (χ3n) is 1.71. The Hall–Kier alpha value is 0.210. The van der Waals surface area contributed by atoms with E-state index in [1.54, 1.807) is 0 Å². The van der Waals surface area contributed by atoms with Crippen LogP contribution in [0, 0.1) is 0 Å². The van der Waals surface area contributed by atoms with E-state index in [2.05, 4.69) is 0 Å². The second-order valence-corrected chi connectivity index (χ2v) is 3.53. The van der Waals surface area contributed by atoms with Crippen molar-refractivity contribution in [2.75, 3.05) is 12.5 Å². The summed E-state index contributed by atoms with van der Waals surface area (Å²) in [7, 11) is 0. The number of alkyl halides is 2. The van der Waals surface area contributed by atoms with Gasteiger partial charge in [-0.2, -0.15) is 0 Å². The van der Waals surface area contributed by atoms with Crippen LogP contribution in [0.15, 0.2) is 0 Å². The van der Waals surface area contributed by atoms with E-state index in [0.29, 0.717) is 25.3 Å². The highest BCUT2D eigenvalue weighted by Crippen LogP contribution is 2.31. The Labute approximate surface area is 75.8 Å². The van der Waals surface area contributed by atoms with Crippen molar-refractivity contribution in [2.24, 2.45) is 0 Å².